The normalized spacial score (nSPS) is 33.8. The zero-order valence-corrected chi connectivity index (χ0v) is 5.91. The van der Waals surface area contributed by atoms with E-state index in [4.69, 9.17) is 5.11 Å². The van der Waals surface area contributed by atoms with Crippen LogP contribution < -0.4 is 5.32 Å². The Hall–Kier alpha value is -0.290. The van der Waals surface area contributed by atoms with E-state index >= 15 is 0 Å². The SMILES string of the molecule is O[C@]1(C(F)(F)F)CCCNC1. The molecule has 1 saturated heterocycles. The highest BCUT2D eigenvalue weighted by Gasteiger charge is 2.53. The van der Waals surface area contributed by atoms with Crippen LogP contribution in [0, 0.1) is 0 Å². The van der Waals surface area contributed by atoms with Crippen LogP contribution in [0.25, 0.3) is 0 Å². The molecule has 0 aromatic heterocycles. The van der Waals surface area contributed by atoms with E-state index in [9.17, 15) is 13.2 Å². The summed E-state index contributed by atoms with van der Waals surface area (Å²) in [5.74, 6) is 0. The second-order valence-electron chi connectivity index (χ2n) is 2.81. The maximum atomic E-state index is 12.0. The lowest BCUT2D eigenvalue weighted by molar-refractivity contribution is -0.264. The van der Waals surface area contributed by atoms with Crippen LogP contribution in [0.5, 0.6) is 0 Å². The molecule has 0 aliphatic carbocycles. The minimum absolute atomic E-state index is 0.191. The van der Waals surface area contributed by atoms with E-state index in [2.05, 4.69) is 5.32 Å². The molecule has 2 N–H and O–H groups in total. The van der Waals surface area contributed by atoms with Crippen LogP contribution >= 0.6 is 0 Å². The fourth-order valence-electron chi connectivity index (χ4n) is 1.13. The Morgan fingerprint density at radius 3 is 2.27 bits per heavy atom. The van der Waals surface area contributed by atoms with E-state index in [1.807, 2.05) is 0 Å². The third kappa shape index (κ3) is 1.65. The molecule has 0 amide bonds. The Kier molecular flexibility index (Phi) is 2.11. The second kappa shape index (κ2) is 2.64. The van der Waals surface area contributed by atoms with Gasteiger partial charge in [0.1, 0.15) is 0 Å². The van der Waals surface area contributed by atoms with Crippen molar-refractivity contribution in [2.45, 2.75) is 24.6 Å². The van der Waals surface area contributed by atoms with Gasteiger partial charge in [-0.15, -0.1) is 0 Å². The molecule has 2 nitrogen and oxygen atoms in total. The summed E-state index contributed by atoms with van der Waals surface area (Å²) in [4.78, 5) is 0. The molecule has 0 unspecified atom stereocenters. The van der Waals surface area contributed by atoms with Gasteiger partial charge in [0.05, 0.1) is 0 Å². The topological polar surface area (TPSA) is 32.3 Å². The smallest absolute Gasteiger partial charge is 0.379 e. The minimum Gasteiger partial charge on any atom is -0.379 e. The van der Waals surface area contributed by atoms with Gasteiger partial charge in [-0.25, -0.2) is 0 Å². The molecular weight excluding hydrogens is 159 g/mol. The minimum atomic E-state index is -4.50. The Morgan fingerprint density at radius 2 is 2.00 bits per heavy atom. The van der Waals surface area contributed by atoms with Crippen molar-refractivity contribution < 1.29 is 18.3 Å². The highest BCUT2D eigenvalue weighted by molar-refractivity contribution is 4.91. The quantitative estimate of drug-likeness (QED) is 0.558. The van der Waals surface area contributed by atoms with Gasteiger partial charge in [0.15, 0.2) is 5.60 Å². The summed E-state index contributed by atoms with van der Waals surface area (Å²) in [5, 5.41) is 11.5. The van der Waals surface area contributed by atoms with Gasteiger partial charge in [0, 0.05) is 6.54 Å². The lowest BCUT2D eigenvalue weighted by atomic mass is 9.94. The molecule has 0 aromatic rings. The van der Waals surface area contributed by atoms with Crippen molar-refractivity contribution >= 4 is 0 Å². The van der Waals surface area contributed by atoms with Crippen molar-refractivity contribution in [3.05, 3.63) is 0 Å². The van der Waals surface area contributed by atoms with Crippen LogP contribution in [0.2, 0.25) is 0 Å². The van der Waals surface area contributed by atoms with E-state index in [0.717, 1.165) is 0 Å². The number of piperidine rings is 1. The van der Waals surface area contributed by atoms with Gasteiger partial charge in [-0.3, -0.25) is 0 Å². The number of rotatable bonds is 0. The molecule has 0 saturated carbocycles. The monoisotopic (exact) mass is 169 g/mol. The van der Waals surface area contributed by atoms with Gasteiger partial charge in [-0.2, -0.15) is 13.2 Å². The average Bonchev–Trinajstić information content (AvgIpc) is 1.87. The number of β-amino-alcohol motifs (C(OH)–C–C–N with tert-alkyl or cyclic N) is 1. The molecule has 1 rings (SSSR count). The summed E-state index contributed by atoms with van der Waals surface area (Å²) in [6, 6.07) is 0. The van der Waals surface area contributed by atoms with Gasteiger partial charge in [-0.05, 0) is 19.4 Å². The van der Waals surface area contributed by atoms with E-state index in [0.29, 0.717) is 13.0 Å². The maximum absolute atomic E-state index is 12.0. The number of nitrogens with one attached hydrogen (secondary N) is 1. The van der Waals surface area contributed by atoms with Crippen LogP contribution in [-0.4, -0.2) is 30.0 Å². The largest absolute Gasteiger partial charge is 0.418 e. The van der Waals surface area contributed by atoms with Gasteiger partial charge in [0.2, 0.25) is 0 Å². The van der Waals surface area contributed by atoms with Crippen molar-refractivity contribution in [3.8, 4) is 0 Å². The molecule has 1 atom stereocenters. The lowest BCUT2D eigenvalue weighted by Gasteiger charge is -2.34. The number of hydrogen-bond donors (Lipinski definition) is 2. The van der Waals surface area contributed by atoms with Crippen molar-refractivity contribution in [3.63, 3.8) is 0 Å². The van der Waals surface area contributed by atoms with E-state index in [1.165, 1.54) is 0 Å². The fourth-order valence-corrected chi connectivity index (χ4v) is 1.13. The molecule has 11 heavy (non-hydrogen) atoms. The molecular formula is C6H10F3NO. The lowest BCUT2D eigenvalue weighted by Crippen LogP contribution is -2.55. The van der Waals surface area contributed by atoms with Crippen LogP contribution in [0.1, 0.15) is 12.8 Å². The summed E-state index contributed by atoms with van der Waals surface area (Å²) in [7, 11) is 0. The molecule has 1 fully saturated rings. The van der Waals surface area contributed by atoms with Crippen LogP contribution in [0.3, 0.4) is 0 Å². The number of hydrogen-bond acceptors (Lipinski definition) is 2. The van der Waals surface area contributed by atoms with Gasteiger partial charge >= 0.3 is 6.18 Å². The Bertz CT molecular complexity index is 139. The first-order valence-corrected chi connectivity index (χ1v) is 3.45. The summed E-state index contributed by atoms with van der Waals surface area (Å²) < 4.78 is 36.1. The predicted octanol–water partition coefficient (Wildman–Crippen LogP) is 0.663. The molecule has 0 bridgehead atoms. The Balaban J connectivity index is 2.64. The van der Waals surface area contributed by atoms with Crippen molar-refractivity contribution in [2.75, 3.05) is 13.1 Å². The van der Waals surface area contributed by atoms with Gasteiger partial charge in [0.25, 0.3) is 0 Å². The van der Waals surface area contributed by atoms with Crippen LogP contribution in [0.4, 0.5) is 13.2 Å². The fraction of sp³-hybridized carbons (Fsp3) is 1.00. The van der Waals surface area contributed by atoms with Gasteiger partial charge in [-0.1, -0.05) is 0 Å². The molecule has 0 aromatic carbocycles. The molecule has 1 aliphatic rings. The van der Waals surface area contributed by atoms with E-state index in [1.54, 1.807) is 0 Å². The second-order valence-corrected chi connectivity index (χ2v) is 2.81. The van der Waals surface area contributed by atoms with E-state index in [-0.39, 0.29) is 13.0 Å². The molecule has 66 valence electrons. The highest BCUT2D eigenvalue weighted by atomic mass is 19.4. The molecule has 1 aliphatic heterocycles. The summed E-state index contributed by atoms with van der Waals surface area (Å²) in [6.45, 7) is 0.175. The summed E-state index contributed by atoms with van der Waals surface area (Å²) in [5.41, 5.74) is -2.49. The highest BCUT2D eigenvalue weighted by Crippen LogP contribution is 2.34. The first-order chi connectivity index (χ1) is 4.96. The first kappa shape index (κ1) is 8.80. The van der Waals surface area contributed by atoms with Gasteiger partial charge < -0.3 is 10.4 Å². The summed E-state index contributed by atoms with van der Waals surface area (Å²) >= 11 is 0. The third-order valence-electron chi connectivity index (χ3n) is 1.89. The maximum Gasteiger partial charge on any atom is 0.418 e. The van der Waals surface area contributed by atoms with E-state index < -0.39 is 11.8 Å². The Labute approximate surface area is 62.4 Å². The van der Waals surface area contributed by atoms with Crippen molar-refractivity contribution in [2.24, 2.45) is 0 Å². The summed E-state index contributed by atoms with van der Waals surface area (Å²) in [6.07, 6.45) is -4.32. The molecule has 5 heteroatoms. The Morgan fingerprint density at radius 1 is 1.36 bits per heavy atom. The standard InChI is InChI=1S/C6H10F3NO/c7-6(8,9)5(11)2-1-3-10-4-5/h10-11H,1-4H2/t5-/m1/s1. The molecule has 0 radical (unpaired) electrons. The third-order valence-corrected chi connectivity index (χ3v) is 1.89. The van der Waals surface area contributed by atoms with Crippen LogP contribution in [-0.2, 0) is 0 Å². The van der Waals surface area contributed by atoms with Crippen molar-refractivity contribution in [1.29, 1.82) is 0 Å². The van der Waals surface area contributed by atoms with Crippen LogP contribution in [0.15, 0.2) is 0 Å². The van der Waals surface area contributed by atoms with Crippen molar-refractivity contribution in [1.82, 2.24) is 5.32 Å². The number of halogens is 3. The molecule has 1 heterocycles. The zero-order chi connectivity index (χ0) is 8.54. The number of aliphatic hydroxyl groups is 1. The number of alkyl halides is 3. The zero-order valence-electron chi connectivity index (χ0n) is 5.91. The predicted molar refractivity (Wildman–Crippen MR) is 33.1 cm³/mol. The molecule has 0 spiro atoms. The average molecular weight is 169 g/mol. The first-order valence-electron chi connectivity index (χ1n) is 3.45.